The van der Waals surface area contributed by atoms with Crippen molar-refractivity contribution in [2.45, 2.75) is 11.9 Å². The second-order valence-corrected chi connectivity index (χ2v) is 5.62. The lowest BCUT2D eigenvalue weighted by molar-refractivity contribution is 0.397. The summed E-state index contributed by atoms with van der Waals surface area (Å²) in [5, 5.41) is -0.151. The zero-order chi connectivity index (χ0) is 14.9. The number of hydrogen-bond donors (Lipinski definition) is 2. The zero-order valence-corrected chi connectivity index (χ0v) is 12.0. The van der Waals surface area contributed by atoms with Crippen LogP contribution in [0.5, 0.6) is 5.88 Å². The summed E-state index contributed by atoms with van der Waals surface area (Å²) >= 11 is 0. The molecule has 0 amide bonds. The summed E-state index contributed by atoms with van der Waals surface area (Å²) < 4.78 is 33.0. The number of hydrogen-bond acceptors (Lipinski definition) is 7. The Kier molecular flexibility index (Phi) is 3.49. The van der Waals surface area contributed by atoms with Gasteiger partial charge >= 0.3 is 0 Å². The first-order valence-corrected chi connectivity index (χ1v) is 7.01. The van der Waals surface area contributed by atoms with E-state index < -0.39 is 10.0 Å². The van der Waals surface area contributed by atoms with Gasteiger partial charge in [0, 0.05) is 18.8 Å². The number of nitrogens with two attached hydrogens (primary N) is 1. The molecule has 9 nitrogen and oxygen atoms in total. The van der Waals surface area contributed by atoms with Crippen molar-refractivity contribution < 1.29 is 13.2 Å². The number of nitrogens with one attached hydrogen (secondary N) is 1. The number of ether oxygens (including phenoxy) is 1. The Hall–Kier alpha value is -2.36. The largest absolute Gasteiger partial charge is 0.481 e. The second-order valence-electron chi connectivity index (χ2n) is 4.03. The maximum Gasteiger partial charge on any atom is 0.283 e. The lowest BCUT2D eigenvalue weighted by atomic mass is 10.4. The highest BCUT2D eigenvalue weighted by Crippen LogP contribution is 2.19. The summed E-state index contributed by atoms with van der Waals surface area (Å²) in [6, 6.07) is 1.58. The predicted molar refractivity (Wildman–Crippen MR) is 71.7 cm³/mol. The molecule has 20 heavy (non-hydrogen) atoms. The quantitative estimate of drug-likeness (QED) is 0.808. The van der Waals surface area contributed by atoms with Gasteiger partial charge in [0.25, 0.3) is 10.0 Å². The van der Waals surface area contributed by atoms with Crippen molar-refractivity contribution in [3.63, 3.8) is 0 Å². The molecule has 0 atom stereocenters. The van der Waals surface area contributed by atoms with Crippen LogP contribution in [0.3, 0.4) is 0 Å². The molecule has 0 bridgehead atoms. The highest BCUT2D eigenvalue weighted by molar-refractivity contribution is 7.92. The van der Waals surface area contributed by atoms with Gasteiger partial charge in [-0.3, -0.25) is 0 Å². The van der Waals surface area contributed by atoms with E-state index in [1.54, 1.807) is 13.0 Å². The molecule has 2 aromatic heterocycles. The fourth-order valence-corrected chi connectivity index (χ4v) is 2.81. The number of aryl methyl sites for hydroxylation is 2. The van der Waals surface area contributed by atoms with Crippen LogP contribution in [0.2, 0.25) is 0 Å². The van der Waals surface area contributed by atoms with Crippen LogP contribution in [-0.4, -0.2) is 35.0 Å². The van der Waals surface area contributed by atoms with Crippen LogP contribution < -0.4 is 15.2 Å². The van der Waals surface area contributed by atoms with Crippen molar-refractivity contribution in [3.8, 4) is 5.88 Å². The van der Waals surface area contributed by atoms with Gasteiger partial charge in [-0.1, -0.05) is 0 Å². The first kappa shape index (κ1) is 14.1. The molecule has 2 rings (SSSR count). The van der Waals surface area contributed by atoms with Crippen LogP contribution in [-0.2, 0) is 17.1 Å². The van der Waals surface area contributed by atoms with Gasteiger partial charge in [0.15, 0.2) is 10.8 Å². The Bertz CT molecular complexity index is 720. The van der Waals surface area contributed by atoms with Gasteiger partial charge in [-0.2, -0.15) is 13.4 Å². The maximum atomic E-state index is 12.2. The van der Waals surface area contributed by atoms with Crippen molar-refractivity contribution in [1.29, 1.82) is 0 Å². The Morgan fingerprint density at radius 1 is 1.40 bits per heavy atom. The topological polar surface area (TPSA) is 125 Å². The average molecular weight is 298 g/mol. The second kappa shape index (κ2) is 4.96. The van der Waals surface area contributed by atoms with E-state index in [4.69, 9.17) is 10.5 Å². The molecule has 0 aromatic carbocycles. The van der Waals surface area contributed by atoms with E-state index >= 15 is 0 Å². The van der Waals surface area contributed by atoms with Gasteiger partial charge in [-0.15, -0.1) is 0 Å². The molecule has 0 aliphatic rings. The number of nitrogens with zero attached hydrogens (tertiary/aromatic N) is 4. The Morgan fingerprint density at radius 3 is 2.65 bits per heavy atom. The third-order valence-electron chi connectivity index (χ3n) is 2.43. The molecule has 0 fully saturated rings. The minimum Gasteiger partial charge on any atom is -0.481 e. The van der Waals surface area contributed by atoms with Crippen molar-refractivity contribution >= 4 is 21.8 Å². The molecular formula is C10H14N6O3S. The SMILES string of the molecule is COc1cc(C)nc(NS(=O)(=O)c2c(N)ncn2C)n1. The third kappa shape index (κ3) is 2.64. The molecule has 0 radical (unpaired) electrons. The predicted octanol–water partition coefficient (Wildman–Crippen LogP) is -0.0899. The van der Waals surface area contributed by atoms with Gasteiger partial charge in [-0.05, 0) is 6.92 Å². The monoisotopic (exact) mass is 298 g/mol. The average Bonchev–Trinajstić information content (AvgIpc) is 2.68. The summed E-state index contributed by atoms with van der Waals surface area (Å²) in [7, 11) is -0.975. The minimum absolute atomic E-state index is 0.0950. The Morgan fingerprint density at radius 2 is 2.10 bits per heavy atom. The number of anilines is 2. The van der Waals surface area contributed by atoms with E-state index in [9.17, 15) is 8.42 Å². The van der Waals surface area contributed by atoms with Crippen molar-refractivity contribution in [2.75, 3.05) is 17.6 Å². The van der Waals surface area contributed by atoms with Gasteiger partial charge in [0.05, 0.1) is 13.4 Å². The van der Waals surface area contributed by atoms with E-state index in [0.29, 0.717) is 5.69 Å². The zero-order valence-electron chi connectivity index (χ0n) is 11.2. The van der Waals surface area contributed by atoms with Crippen molar-refractivity contribution in [3.05, 3.63) is 18.1 Å². The summed E-state index contributed by atoms with van der Waals surface area (Å²) in [6.07, 6.45) is 1.31. The van der Waals surface area contributed by atoms with Crippen LogP contribution in [0, 0.1) is 6.92 Å². The third-order valence-corrected chi connectivity index (χ3v) is 3.89. The molecule has 0 spiro atoms. The van der Waals surface area contributed by atoms with E-state index in [0.717, 1.165) is 0 Å². The molecule has 10 heteroatoms. The van der Waals surface area contributed by atoms with Gasteiger partial charge < -0.3 is 15.0 Å². The first-order valence-electron chi connectivity index (χ1n) is 5.53. The summed E-state index contributed by atoms with van der Waals surface area (Å²) in [5.41, 5.74) is 6.11. The summed E-state index contributed by atoms with van der Waals surface area (Å²) in [6.45, 7) is 1.69. The fourth-order valence-electron chi connectivity index (χ4n) is 1.62. The molecule has 0 aliphatic heterocycles. The molecule has 0 unspecified atom stereocenters. The van der Waals surface area contributed by atoms with Crippen LogP contribution >= 0.6 is 0 Å². The number of rotatable bonds is 4. The van der Waals surface area contributed by atoms with Crippen molar-refractivity contribution in [1.82, 2.24) is 19.5 Å². The van der Waals surface area contributed by atoms with Crippen molar-refractivity contribution in [2.24, 2.45) is 7.05 Å². The molecule has 2 heterocycles. The minimum atomic E-state index is -3.93. The van der Waals surface area contributed by atoms with Crippen LogP contribution in [0.15, 0.2) is 17.4 Å². The molecular weight excluding hydrogens is 284 g/mol. The molecule has 108 valence electrons. The molecule has 3 N–H and O–H groups in total. The molecule has 0 aliphatic carbocycles. The van der Waals surface area contributed by atoms with Gasteiger partial charge in [0.2, 0.25) is 11.8 Å². The molecule has 0 saturated carbocycles. The lowest BCUT2D eigenvalue weighted by Gasteiger charge is -2.09. The fraction of sp³-hybridized carbons (Fsp3) is 0.300. The highest BCUT2D eigenvalue weighted by Gasteiger charge is 2.23. The summed E-state index contributed by atoms with van der Waals surface area (Å²) in [4.78, 5) is 11.6. The maximum absolute atomic E-state index is 12.2. The van der Waals surface area contributed by atoms with E-state index in [-0.39, 0.29) is 22.7 Å². The van der Waals surface area contributed by atoms with Gasteiger partial charge in [-0.25, -0.2) is 14.7 Å². The van der Waals surface area contributed by atoms with Gasteiger partial charge in [0.1, 0.15) is 0 Å². The summed E-state index contributed by atoms with van der Waals surface area (Å²) in [5.74, 6) is 0.0650. The number of nitrogen functional groups attached to an aromatic ring is 1. The van der Waals surface area contributed by atoms with E-state index in [1.165, 1.54) is 25.1 Å². The van der Waals surface area contributed by atoms with E-state index in [1.807, 2.05) is 0 Å². The normalized spacial score (nSPS) is 11.3. The number of imidazole rings is 1. The molecule has 0 saturated heterocycles. The molecule has 2 aromatic rings. The Balaban J connectivity index is 2.41. The Labute approximate surface area is 115 Å². The van der Waals surface area contributed by atoms with E-state index in [2.05, 4.69) is 19.7 Å². The smallest absolute Gasteiger partial charge is 0.283 e. The van der Waals surface area contributed by atoms with Crippen LogP contribution in [0.1, 0.15) is 5.69 Å². The number of sulfonamides is 1. The highest BCUT2D eigenvalue weighted by atomic mass is 32.2. The first-order chi connectivity index (χ1) is 9.33. The van der Waals surface area contributed by atoms with Crippen LogP contribution in [0.25, 0.3) is 0 Å². The van der Waals surface area contributed by atoms with Crippen LogP contribution in [0.4, 0.5) is 11.8 Å². The number of aromatic nitrogens is 4. The standard InChI is InChI=1S/C10H14N6O3S/c1-6-4-7(19-3)14-10(13-6)15-20(17,18)9-8(11)12-5-16(9)2/h4-5H,11H2,1-3H3,(H,13,14,15). The number of methoxy groups -OCH3 is 1. The lowest BCUT2D eigenvalue weighted by Crippen LogP contribution is -2.19.